The lowest BCUT2D eigenvalue weighted by Gasteiger charge is -2.60. The summed E-state index contributed by atoms with van der Waals surface area (Å²) < 4.78 is 35.6. The molecule has 0 radical (unpaired) electrons. The number of halogens is 1. The maximum absolute atomic E-state index is 15.2. The highest BCUT2D eigenvalue weighted by atomic mass is 19.1. The van der Waals surface area contributed by atoms with Crippen molar-refractivity contribution in [2.24, 2.45) is 28.8 Å². The topological polar surface area (TPSA) is 170 Å². The van der Waals surface area contributed by atoms with Crippen molar-refractivity contribution in [3.05, 3.63) is 153 Å². The number of hydrogen-bond acceptors (Lipinski definition) is 11. The summed E-state index contributed by atoms with van der Waals surface area (Å²) in [6, 6.07) is 24.1. The van der Waals surface area contributed by atoms with Gasteiger partial charge in [0.2, 0.25) is 11.7 Å². The number of fused-ring (bicyclic) bond motifs is 2. The Morgan fingerprint density at radius 3 is 2.37 bits per heavy atom. The Morgan fingerprint density at radius 1 is 0.929 bits per heavy atom. The number of oxime groups is 1. The predicted molar refractivity (Wildman–Crippen MR) is 263 cm³/mol. The number of benzene rings is 4. The van der Waals surface area contributed by atoms with Gasteiger partial charge in [-0.3, -0.25) is 19.7 Å². The zero-order valence-electron chi connectivity index (χ0n) is 39.7. The van der Waals surface area contributed by atoms with E-state index in [1.165, 1.54) is 24.3 Å². The second kappa shape index (κ2) is 23.6. The van der Waals surface area contributed by atoms with Gasteiger partial charge in [-0.15, -0.1) is 6.58 Å². The molecule has 13 nitrogen and oxygen atoms in total. The van der Waals surface area contributed by atoms with Crippen molar-refractivity contribution in [2.75, 3.05) is 19.8 Å². The van der Waals surface area contributed by atoms with Crippen molar-refractivity contribution >= 4 is 23.6 Å². The van der Waals surface area contributed by atoms with Crippen LogP contribution in [-0.2, 0) is 27.5 Å². The normalized spacial score (nSPS) is 23.1. The van der Waals surface area contributed by atoms with Crippen LogP contribution in [0.25, 0.3) is 0 Å². The third kappa shape index (κ3) is 11.5. The van der Waals surface area contributed by atoms with E-state index >= 15 is 4.79 Å². The first-order valence-corrected chi connectivity index (χ1v) is 24.8. The van der Waals surface area contributed by atoms with Crippen molar-refractivity contribution in [3.63, 3.8) is 0 Å². The molecule has 2 N–H and O–H groups in total. The summed E-state index contributed by atoms with van der Waals surface area (Å²) in [6.07, 6.45) is 14.5. The van der Waals surface area contributed by atoms with Crippen LogP contribution in [0.15, 0.2) is 120 Å². The summed E-state index contributed by atoms with van der Waals surface area (Å²) in [6.45, 7) is 4.37. The molecule has 0 bridgehead atoms. The van der Waals surface area contributed by atoms with Gasteiger partial charge in [0.25, 0.3) is 5.69 Å². The van der Waals surface area contributed by atoms with Crippen LogP contribution in [0.5, 0.6) is 17.2 Å². The first kappa shape index (κ1) is 50.2. The maximum Gasteiger partial charge on any atom is 0.269 e. The molecule has 1 amide bonds. The van der Waals surface area contributed by atoms with Crippen molar-refractivity contribution < 1.29 is 48.2 Å². The maximum atomic E-state index is 15.2. The highest BCUT2D eigenvalue weighted by Crippen LogP contribution is 2.62. The Morgan fingerprint density at radius 2 is 1.66 bits per heavy atom. The third-order valence-electron chi connectivity index (χ3n) is 14.6. The molecule has 4 aromatic carbocycles. The second-order valence-electron chi connectivity index (χ2n) is 19.1. The molecule has 70 heavy (non-hydrogen) atoms. The Kier molecular flexibility index (Phi) is 16.9. The number of amides is 1. The lowest BCUT2D eigenvalue weighted by Crippen LogP contribution is -2.70. The molecule has 4 aliphatic rings. The molecule has 3 aliphatic carbocycles. The number of aliphatic hydroxyl groups is 2. The van der Waals surface area contributed by atoms with E-state index in [0.717, 1.165) is 80.8 Å². The van der Waals surface area contributed by atoms with E-state index in [4.69, 9.17) is 24.2 Å². The van der Waals surface area contributed by atoms with Crippen molar-refractivity contribution in [1.82, 2.24) is 4.90 Å². The van der Waals surface area contributed by atoms with Gasteiger partial charge in [-0.25, -0.2) is 4.39 Å². The highest BCUT2D eigenvalue weighted by Gasteiger charge is 2.65. The van der Waals surface area contributed by atoms with Gasteiger partial charge in [0.15, 0.2) is 0 Å². The number of aliphatic hydroxyl groups excluding tert-OH is 2. The highest BCUT2D eigenvalue weighted by molar-refractivity contribution is 6.03. The van der Waals surface area contributed by atoms with Crippen LogP contribution < -0.4 is 9.47 Å². The average molecular weight is 958 g/mol. The number of nitro benzene ring substituents is 1. The average Bonchev–Trinajstić information content (AvgIpc) is 3.90. The molecule has 4 aromatic rings. The van der Waals surface area contributed by atoms with E-state index in [0.29, 0.717) is 59.3 Å². The predicted octanol–water partition coefficient (Wildman–Crippen LogP) is 11.2. The molecule has 0 saturated heterocycles. The van der Waals surface area contributed by atoms with Crippen LogP contribution in [0.4, 0.5) is 10.1 Å². The molecule has 14 heteroatoms. The van der Waals surface area contributed by atoms with Crippen LogP contribution >= 0.6 is 0 Å². The van der Waals surface area contributed by atoms with Crippen LogP contribution in [0.2, 0.25) is 0 Å². The van der Waals surface area contributed by atoms with E-state index in [1.54, 1.807) is 54.6 Å². The minimum absolute atomic E-state index is 0.0142. The number of nitro groups is 1. The standard InChI is InChI=1S/C56H64FN3O10/c1-2-30-67-56-52(59(35-39-16-21-43(57)22-17-39)53(64)27-20-38-10-3-4-11-38)34-50(58-68-37-40-18-23-44(24-19-40)60(65)66)48-32-42(13-5-7-28-61)47(15-6-8-29-62)54(55(48)56)49-33-46(25-26-51(49)70-56)69-45-14-9-12-41(31-45)36-63/h2,9,12,14,16-19,21-26,31-33,36,38,42,47,52,54-55,61-62H,1,3-8,10-11,13,15,20,27-30,34-35,37H2/t42-,47+,52-,54+,55+,56+/m0/s1. The minimum atomic E-state index is -1.52. The number of hydrogen-bond donors (Lipinski definition) is 2. The van der Waals surface area contributed by atoms with Gasteiger partial charge >= 0.3 is 0 Å². The fourth-order valence-electron chi connectivity index (χ4n) is 11.3. The molecular formula is C56H64FN3O10. The zero-order chi connectivity index (χ0) is 49.0. The molecule has 370 valence electrons. The molecule has 2 saturated carbocycles. The van der Waals surface area contributed by atoms with Crippen molar-refractivity contribution in [3.8, 4) is 17.2 Å². The zero-order valence-corrected chi connectivity index (χ0v) is 39.7. The van der Waals surface area contributed by atoms with Crippen LogP contribution in [-0.4, -0.2) is 69.6 Å². The SMILES string of the molecule is C=CCO[C@@]12Oc3ccc(Oc4cccc(C=O)c4)cc3[C@H]3[C@H](CCCCO)[C@@H](CCCCO)C=C(C(=NOCc4ccc([N+](=O)[O-])cc4)C[C@@H]1N(Cc1ccc(F)cc1)C(=O)CCC1CCCC1)[C@H]32. The molecule has 6 atom stereocenters. The van der Waals surface area contributed by atoms with Gasteiger partial charge < -0.3 is 34.2 Å². The third-order valence-corrected chi connectivity index (χ3v) is 14.6. The number of rotatable bonds is 24. The Bertz CT molecular complexity index is 2510. The molecule has 1 aliphatic heterocycles. The molecule has 0 spiro atoms. The van der Waals surface area contributed by atoms with Crippen molar-refractivity contribution in [1.29, 1.82) is 0 Å². The molecule has 0 aromatic heterocycles. The van der Waals surface area contributed by atoms with Crippen molar-refractivity contribution in [2.45, 2.75) is 114 Å². The number of carbonyl (C=O) groups is 2. The number of aldehydes is 1. The molecule has 2 fully saturated rings. The summed E-state index contributed by atoms with van der Waals surface area (Å²) >= 11 is 0. The largest absolute Gasteiger partial charge is 0.459 e. The Balaban J connectivity index is 1.32. The second-order valence-corrected chi connectivity index (χ2v) is 19.1. The van der Waals surface area contributed by atoms with Crippen LogP contribution in [0.1, 0.15) is 116 Å². The monoisotopic (exact) mass is 957 g/mol. The number of nitrogens with zero attached hydrogens (tertiary/aromatic N) is 3. The smallest absolute Gasteiger partial charge is 0.269 e. The van der Waals surface area contributed by atoms with E-state index in [-0.39, 0.29) is 68.7 Å². The van der Waals surface area contributed by atoms with E-state index in [1.807, 2.05) is 23.1 Å². The molecule has 0 unspecified atom stereocenters. The van der Waals surface area contributed by atoms with Gasteiger partial charge in [0.1, 0.15) is 42.0 Å². The van der Waals surface area contributed by atoms with Crippen LogP contribution in [0.3, 0.4) is 0 Å². The Hall–Kier alpha value is -6.22. The fourth-order valence-corrected chi connectivity index (χ4v) is 11.3. The van der Waals surface area contributed by atoms with E-state index in [9.17, 15) is 29.5 Å². The summed E-state index contributed by atoms with van der Waals surface area (Å²) in [5.74, 6) is -1.00. The molecule has 1 heterocycles. The summed E-state index contributed by atoms with van der Waals surface area (Å²) in [4.78, 5) is 46.1. The molecular weight excluding hydrogens is 894 g/mol. The number of non-ortho nitro benzene ring substituents is 1. The minimum Gasteiger partial charge on any atom is -0.459 e. The Labute approximate surface area is 409 Å². The summed E-state index contributed by atoms with van der Waals surface area (Å²) in [5.41, 5.74) is 4.14. The van der Waals surface area contributed by atoms with Gasteiger partial charge in [-0.2, -0.15) is 0 Å². The van der Waals surface area contributed by atoms with E-state index < -0.39 is 28.5 Å². The summed E-state index contributed by atoms with van der Waals surface area (Å²) in [5, 5.41) is 36.5. The molecule has 8 rings (SSSR count). The quantitative estimate of drug-likeness (QED) is 0.0226. The fraction of sp³-hybridized carbons (Fsp3) is 0.446. The number of carbonyl (C=O) groups excluding carboxylic acids is 2. The van der Waals surface area contributed by atoms with Gasteiger partial charge in [-0.05, 0) is 121 Å². The van der Waals surface area contributed by atoms with Gasteiger partial charge in [0, 0.05) is 61.8 Å². The number of ether oxygens (including phenoxy) is 3. The van der Waals surface area contributed by atoms with E-state index in [2.05, 4.69) is 12.7 Å². The van der Waals surface area contributed by atoms with Gasteiger partial charge in [-0.1, -0.05) is 80.1 Å². The lowest BCUT2D eigenvalue weighted by atomic mass is 9.55. The number of allylic oxidation sites excluding steroid dienone is 1. The number of unbranched alkanes of at least 4 members (excludes halogenated alkanes) is 2. The summed E-state index contributed by atoms with van der Waals surface area (Å²) in [7, 11) is 0. The first-order valence-electron chi connectivity index (χ1n) is 24.8. The first-order chi connectivity index (χ1) is 34.1. The lowest BCUT2D eigenvalue weighted by molar-refractivity contribution is -0.384. The van der Waals surface area contributed by atoms with Crippen LogP contribution in [0, 0.1) is 39.6 Å². The van der Waals surface area contributed by atoms with Gasteiger partial charge in [0.05, 0.1) is 23.2 Å².